The van der Waals surface area contributed by atoms with Gasteiger partial charge in [-0.3, -0.25) is 9.59 Å². The fraction of sp³-hybridized carbons (Fsp3) is 0.444. The number of halogens is 1. The highest BCUT2D eigenvalue weighted by atomic mass is 19.1. The van der Waals surface area contributed by atoms with Gasteiger partial charge in [0.05, 0.1) is 26.3 Å². The molecule has 2 aliphatic rings. The van der Waals surface area contributed by atoms with Gasteiger partial charge in [0.25, 0.3) is 0 Å². The van der Waals surface area contributed by atoms with Gasteiger partial charge in [0.1, 0.15) is 18.0 Å². The summed E-state index contributed by atoms with van der Waals surface area (Å²) in [5.74, 6) is -0.864. The number of carbonyl (C=O) groups is 3. The molecule has 0 unspecified atom stereocenters. The number of likely N-dealkylation sites (N-methyl/N-ethyl adjacent to an activating group) is 1. The maximum Gasteiger partial charge on any atom is 0.334 e. The SMILES string of the molecule is CC(C)[C@H]1C(=O)N(CCOCc2ccccc2F)C[C@H]2N1C(=O)CN(C)N2C(=O)NCc1ccccc1. The van der Waals surface area contributed by atoms with E-state index in [-0.39, 0.29) is 62.4 Å². The number of hydrogen-bond donors (Lipinski definition) is 1. The molecule has 0 saturated carbocycles. The summed E-state index contributed by atoms with van der Waals surface area (Å²) in [6.07, 6.45) is -0.654. The fourth-order valence-corrected chi connectivity index (χ4v) is 4.89. The molecule has 0 radical (unpaired) electrons. The number of rotatable bonds is 8. The largest absolute Gasteiger partial charge is 0.375 e. The van der Waals surface area contributed by atoms with E-state index in [0.717, 1.165) is 5.56 Å². The number of fused-ring (bicyclic) bond motifs is 1. The van der Waals surface area contributed by atoms with Crippen molar-refractivity contribution in [2.24, 2.45) is 5.92 Å². The van der Waals surface area contributed by atoms with Gasteiger partial charge in [0, 0.05) is 25.7 Å². The molecule has 2 fully saturated rings. The van der Waals surface area contributed by atoms with Crippen molar-refractivity contribution in [1.82, 2.24) is 25.1 Å². The van der Waals surface area contributed by atoms with Crippen LogP contribution in [0, 0.1) is 11.7 Å². The Morgan fingerprint density at radius 1 is 1.11 bits per heavy atom. The van der Waals surface area contributed by atoms with E-state index < -0.39 is 12.2 Å². The van der Waals surface area contributed by atoms with Crippen LogP contribution in [0.15, 0.2) is 54.6 Å². The van der Waals surface area contributed by atoms with Crippen molar-refractivity contribution in [2.45, 2.75) is 39.2 Å². The van der Waals surface area contributed by atoms with E-state index >= 15 is 0 Å². The number of urea groups is 1. The Bertz CT molecular complexity index is 1110. The van der Waals surface area contributed by atoms with E-state index in [4.69, 9.17) is 4.74 Å². The smallest absolute Gasteiger partial charge is 0.334 e. The molecule has 2 heterocycles. The molecule has 10 heteroatoms. The van der Waals surface area contributed by atoms with Crippen molar-refractivity contribution < 1.29 is 23.5 Å². The van der Waals surface area contributed by atoms with Gasteiger partial charge in [-0.2, -0.15) is 0 Å². The van der Waals surface area contributed by atoms with Crippen LogP contribution in [0.25, 0.3) is 0 Å². The zero-order valence-corrected chi connectivity index (χ0v) is 21.5. The lowest BCUT2D eigenvalue weighted by molar-refractivity contribution is -0.190. The average Bonchev–Trinajstić information content (AvgIpc) is 2.87. The summed E-state index contributed by atoms with van der Waals surface area (Å²) in [6.45, 7) is 4.82. The Balaban J connectivity index is 1.47. The normalized spacial score (nSPS) is 20.4. The van der Waals surface area contributed by atoms with Crippen LogP contribution in [-0.2, 0) is 27.5 Å². The highest BCUT2D eigenvalue weighted by molar-refractivity contribution is 5.91. The lowest BCUT2D eigenvalue weighted by Crippen LogP contribution is -2.76. The molecule has 1 N–H and O–H groups in total. The fourth-order valence-electron chi connectivity index (χ4n) is 4.89. The van der Waals surface area contributed by atoms with Gasteiger partial charge < -0.3 is 19.9 Å². The summed E-state index contributed by atoms with van der Waals surface area (Å²) in [4.78, 5) is 43.1. The van der Waals surface area contributed by atoms with Crippen LogP contribution in [0.2, 0.25) is 0 Å². The van der Waals surface area contributed by atoms with Crippen LogP contribution < -0.4 is 5.32 Å². The van der Waals surface area contributed by atoms with Crippen molar-refractivity contribution in [1.29, 1.82) is 0 Å². The number of nitrogens with zero attached hydrogens (tertiary/aromatic N) is 4. The first kappa shape index (κ1) is 26.6. The minimum Gasteiger partial charge on any atom is -0.375 e. The molecule has 37 heavy (non-hydrogen) atoms. The van der Waals surface area contributed by atoms with Crippen molar-refractivity contribution in [3.05, 3.63) is 71.5 Å². The van der Waals surface area contributed by atoms with Crippen molar-refractivity contribution >= 4 is 17.8 Å². The maximum atomic E-state index is 13.9. The number of amides is 4. The predicted octanol–water partition coefficient (Wildman–Crippen LogP) is 2.44. The molecule has 2 aliphatic heterocycles. The van der Waals surface area contributed by atoms with Crippen LogP contribution in [-0.4, -0.2) is 83.2 Å². The van der Waals surface area contributed by atoms with E-state index in [1.807, 2.05) is 44.2 Å². The minimum absolute atomic E-state index is 0.00247. The van der Waals surface area contributed by atoms with Crippen LogP contribution in [0.4, 0.5) is 9.18 Å². The number of ether oxygens (including phenoxy) is 1. The first-order chi connectivity index (χ1) is 17.8. The standard InChI is InChI=1S/C27H34FN5O4/c1-19(2)25-26(35)31(13-14-37-18-21-11-7-8-12-22(21)28)16-23-32(25)24(34)17-30(3)33(23)27(36)29-15-20-9-5-4-6-10-20/h4-12,19,23,25H,13-18H2,1-3H3,(H,29,36)/t23-,25-/m0/s1. The third kappa shape index (κ3) is 5.91. The van der Waals surface area contributed by atoms with Crippen LogP contribution in [0.1, 0.15) is 25.0 Å². The minimum atomic E-state index is -0.698. The zero-order chi connectivity index (χ0) is 26.5. The second-order valence-corrected chi connectivity index (χ2v) is 9.70. The summed E-state index contributed by atoms with van der Waals surface area (Å²) in [5, 5.41) is 6.06. The van der Waals surface area contributed by atoms with E-state index in [9.17, 15) is 18.8 Å². The summed E-state index contributed by atoms with van der Waals surface area (Å²) in [5.41, 5.74) is 1.40. The Morgan fingerprint density at radius 2 is 1.81 bits per heavy atom. The van der Waals surface area contributed by atoms with Gasteiger partial charge in [-0.15, -0.1) is 0 Å². The maximum absolute atomic E-state index is 13.9. The summed E-state index contributed by atoms with van der Waals surface area (Å²) in [6, 6.07) is 14.9. The highest BCUT2D eigenvalue weighted by Crippen LogP contribution is 2.29. The second kappa shape index (κ2) is 11.7. The topological polar surface area (TPSA) is 85.4 Å². The van der Waals surface area contributed by atoms with Crippen molar-refractivity contribution in [3.63, 3.8) is 0 Å². The molecule has 9 nitrogen and oxygen atoms in total. The van der Waals surface area contributed by atoms with Gasteiger partial charge in [0.2, 0.25) is 11.8 Å². The summed E-state index contributed by atoms with van der Waals surface area (Å²) >= 11 is 0. The third-order valence-corrected chi connectivity index (χ3v) is 6.72. The first-order valence-electron chi connectivity index (χ1n) is 12.5. The number of nitrogens with one attached hydrogen (secondary N) is 1. The Kier molecular flexibility index (Phi) is 8.40. The Morgan fingerprint density at radius 3 is 2.51 bits per heavy atom. The molecular weight excluding hydrogens is 477 g/mol. The quantitative estimate of drug-likeness (QED) is 0.551. The predicted molar refractivity (Wildman–Crippen MR) is 135 cm³/mol. The van der Waals surface area contributed by atoms with Crippen molar-refractivity contribution in [3.8, 4) is 0 Å². The highest BCUT2D eigenvalue weighted by Gasteiger charge is 2.51. The van der Waals surface area contributed by atoms with Gasteiger partial charge in [-0.25, -0.2) is 19.2 Å². The van der Waals surface area contributed by atoms with Crippen LogP contribution >= 0.6 is 0 Å². The molecule has 2 aromatic rings. The third-order valence-electron chi connectivity index (χ3n) is 6.72. The first-order valence-corrected chi connectivity index (χ1v) is 12.5. The lowest BCUT2D eigenvalue weighted by atomic mass is 9.96. The Hall–Kier alpha value is -3.50. The van der Waals surface area contributed by atoms with Gasteiger partial charge >= 0.3 is 6.03 Å². The molecule has 2 aromatic carbocycles. The molecule has 2 saturated heterocycles. The van der Waals surface area contributed by atoms with Gasteiger partial charge in [-0.1, -0.05) is 62.4 Å². The molecule has 2 atom stereocenters. The molecule has 0 aromatic heterocycles. The molecule has 4 amide bonds. The number of piperazine rings is 1. The molecule has 198 valence electrons. The number of benzene rings is 2. The zero-order valence-electron chi connectivity index (χ0n) is 21.5. The van der Waals surface area contributed by atoms with E-state index in [0.29, 0.717) is 12.1 Å². The van der Waals surface area contributed by atoms with Crippen LogP contribution in [0.3, 0.4) is 0 Å². The summed E-state index contributed by atoms with van der Waals surface area (Å²) < 4.78 is 19.6. The number of hydrazine groups is 1. The average molecular weight is 512 g/mol. The summed E-state index contributed by atoms with van der Waals surface area (Å²) in [7, 11) is 1.69. The molecule has 0 bridgehead atoms. The molecule has 4 rings (SSSR count). The van der Waals surface area contributed by atoms with Gasteiger partial charge in [-0.05, 0) is 17.5 Å². The second-order valence-electron chi connectivity index (χ2n) is 9.70. The van der Waals surface area contributed by atoms with Crippen LogP contribution in [0.5, 0.6) is 0 Å². The molecule has 0 aliphatic carbocycles. The number of hydrogen-bond acceptors (Lipinski definition) is 5. The number of carbonyl (C=O) groups excluding carboxylic acids is 3. The monoisotopic (exact) mass is 511 g/mol. The Labute approximate surface area is 216 Å². The van der Waals surface area contributed by atoms with E-state index in [1.165, 1.54) is 11.1 Å². The van der Waals surface area contributed by atoms with Crippen molar-refractivity contribution in [2.75, 3.05) is 33.3 Å². The molecular formula is C27H34FN5O4. The molecule has 0 spiro atoms. The van der Waals surface area contributed by atoms with Gasteiger partial charge in [0.15, 0.2) is 0 Å². The lowest BCUT2D eigenvalue weighted by Gasteiger charge is -2.55. The van der Waals surface area contributed by atoms with E-state index in [1.54, 1.807) is 40.1 Å². The van der Waals surface area contributed by atoms with E-state index in [2.05, 4.69) is 5.32 Å².